The van der Waals surface area contributed by atoms with Gasteiger partial charge in [0.2, 0.25) is 0 Å². The Bertz CT molecular complexity index is 389. The molecule has 1 saturated heterocycles. The van der Waals surface area contributed by atoms with Crippen LogP contribution in [0.4, 0.5) is 0 Å². The lowest BCUT2D eigenvalue weighted by molar-refractivity contribution is 0.413. The van der Waals surface area contributed by atoms with Crippen molar-refractivity contribution in [3.05, 3.63) is 29.3 Å². The highest BCUT2D eigenvalue weighted by Crippen LogP contribution is 2.27. The van der Waals surface area contributed by atoms with Crippen molar-refractivity contribution in [2.75, 3.05) is 13.7 Å². The van der Waals surface area contributed by atoms with Gasteiger partial charge in [-0.2, -0.15) is 5.26 Å². The Hall–Kier alpha value is -1.53. The van der Waals surface area contributed by atoms with Gasteiger partial charge in [-0.05, 0) is 37.1 Å². The fraction of sp³-hybridized carbons (Fsp3) is 0.417. The lowest BCUT2D eigenvalue weighted by Crippen LogP contribution is -2.12. The monoisotopic (exact) mass is 202 g/mol. The Morgan fingerprint density at radius 1 is 1.53 bits per heavy atom. The molecule has 0 spiro atoms. The number of nitrogens with zero attached hydrogens (tertiary/aromatic N) is 1. The highest BCUT2D eigenvalue weighted by molar-refractivity contribution is 5.46. The molecule has 1 atom stereocenters. The lowest BCUT2D eigenvalue weighted by Gasteiger charge is -2.12. The van der Waals surface area contributed by atoms with Gasteiger partial charge in [-0.25, -0.2) is 0 Å². The quantitative estimate of drug-likeness (QED) is 0.797. The van der Waals surface area contributed by atoms with Gasteiger partial charge < -0.3 is 10.1 Å². The number of rotatable bonds is 2. The largest absolute Gasteiger partial charge is 0.495 e. The molecular weight excluding hydrogens is 188 g/mol. The molecule has 3 nitrogen and oxygen atoms in total. The van der Waals surface area contributed by atoms with Crippen LogP contribution in [-0.4, -0.2) is 13.7 Å². The number of nitriles is 1. The molecular formula is C12H14N2O. The third-order valence-corrected chi connectivity index (χ3v) is 2.81. The fourth-order valence-electron chi connectivity index (χ4n) is 2.00. The summed E-state index contributed by atoms with van der Waals surface area (Å²) in [5.41, 5.74) is 1.80. The van der Waals surface area contributed by atoms with Crippen molar-refractivity contribution in [3.8, 4) is 11.8 Å². The van der Waals surface area contributed by atoms with Crippen LogP contribution in [0.3, 0.4) is 0 Å². The van der Waals surface area contributed by atoms with E-state index in [0.29, 0.717) is 17.4 Å². The second kappa shape index (κ2) is 4.33. The predicted molar refractivity (Wildman–Crippen MR) is 57.7 cm³/mol. The molecule has 1 fully saturated rings. The Labute approximate surface area is 89.7 Å². The Morgan fingerprint density at radius 3 is 3.00 bits per heavy atom. The van der Waals surface area contributed by atoms with E-state index in [4.69, 9.17) is 10.00 Å². The minimum absolute atomic E-state index is 0.406. The molecule has 0 saturated carbocycles. The Balaban J connectivity index is 2.30. The van der Waals surface area contributed by atoms with Gasteiger partial charge in [0, 0.05) is 6.04 Å². The molecule has 1 aliphatic rings. The molecule has 0 radical (unpaired) electrons. The van der Waals surface area contributed by atoms with Crippen molar-refractivity contribution in [1.29, 1.82) is 5.26 Å². The first-order valence-electron chi connectivity index (χ1n) is 5.16. The molecule has 0 amide bonds. The van der Waals surface area contributed by atoms with Crippen molar-refractivity contribution < 1.29 is 4.74 Å². The summed E-state index contributed by atoms with van der Waals surface area (Å²) in [5, 5.41) is 12.4. The van der Waals surface area contributed by atoms with Crippen LogP contribution in [0, 0.1) is 11.3 Å². The summed E-state index contributed by atoms with van der Waals surface area (Å²) < 4.78 is 5.11. The number of nitrogens with one attached hydrogen (secondary N) is 1. The zero-order valence-electron chi connectivity index (χ0n) is 8.79. The van der Waals surface area contributed by atoms with Gasteiger partial charge in [-0.15, -0.1) is 0 Å². The minimum atomic E-state index is 0.406. The molecule has 3 heteroatoms. The summed E-state index contributed by atoms with van der Waals surface area (Å²) in [6.45, 7) is 1.07. The number of ether oxygens (including phenoxy) is 1. The molecule has 15 heavy (non-hydrogen) atoms. The van der Waals surface area contributed by atoms with Crippen LogP contribution in [0.2, 0.25) is 0 Å². The topological polar surface area (TPSA) is 45.0 Å². The molecule has 0 bridgehead atoms. The van der Waals surface area contributed by atoms with Crippen LogP contribution in [0.25, 0.3) is 0 Å². The number of benzene rings is 1. The Kier molecular flexibility index (Phi) is 2.89. The summed E-state index contributed by atoms with van der Waals surface area (Å²) in [4.78, 5) is 0. The summed E-state index contributed by atoms with van der Waals surface area (Å²) in [7, 11) is 1.59. The van der Waals surface area contributed by atoms with Gasteiger partial charge in [0.15, 0.2) is 0 Å². The number of hydrogen-bond acceptors (Lipinski definition) is 3. The maximum absolute atomic E-state index is 8.97. The van der Waals surface area contributed by atoms with Gasteiger partial charge in [-0.3, -0.25) is 0 Å². The maximum Gasteiger partial charge on any atom is 0.136 e. The van der Waals surface area contributed by atoms with E-state index in [1.807, 2.05) is 18.2 Å². The van der Waals surface area contributed by atoms with E-state index in [-0.39, 0.29) is 0 Å². The average molecular weight is 202 g/mol. The van der Waals surface area contributed by atoms with E-state index in [2.05, 4.69) is 11.4 Å². The molecule has 1 aromatic carbocycles. The minimum Gasteiger partial charge on any atom is -0.495 e. The third kappa shape index (κ3) is 1.95. The van der Waals surface area contributed by atoms with Crippen LogP contribution in [0.5, 0.6) is 5.75 Å². The molecule has 78 valence electrons. The highest BCUT2D eigenvalue weighted by Gasteiger charge is 2.17. The van der Waals surface area contributed by atoms with Crippen molar-refractivity contribution >= 4 is 0 Å². The number of methoxy groups -OCH3 is 1. The van der Waals surface area contributed by atoms with E-state index < -0.39 is 0 Å². The summed E-state index contributed by atoms with van der Waals surface area (Å²) in [6, 6.07) is 8.38. The van der Waals surface area contributed by atoms with Gasteiger partial charge >= 0.3 is 0 Å². The van der Waals surface area contributed by atoms with E-state index in [1.54, 1.807) is 7.11 Å². The van der Waals surface area contributed by atoms with Crippen molar-refractivity contribution in [1.82, 2.24) is 5.32 Å². The maximum atomic E-state index is 8.97. The Morgan fingerprint density at radius 2 is 2.40 bits per heavy atom. The van der Waals surface area contributed by atoms with Gasteiger partial charge in [0.25, 0.3) is 0 Å². The first kappa shape index (κ1) is 10.0. The smallest absolute Gasteiger partial charge is 0.136 e. The molecule has 0 aliphatic carbocycles. The molecule has 1 aromatic rings. The van der Waals surface area contributed by atoms with Gasteiger partial charge in [-0.1, -0.05) is 6.07 Å². The highest BCUT2D eigenvalue weighted by atomic mass is 16.5. The van der Waals surface area contributed by atoms with E-state index in [9.17, 15) is 0 Å². The lowest BCUT2D eigenvalue weighted by atomic mass is 10.0. The second-order valence-electron chi connectivity index (χ2n) is 3.72. The molecule has 1 unspecified atom stereocenters. The van der Waals surface area contributed by atoms with Crippen molar-refractivity contribution in [2.45, 2.75) is 18.9 Å². The molecule has 1 heterocycles. The molecule has 1 aliphatic heterocycles. The SMILES string of the molecule is COc1ccc(C2CCCN2)cc1C#N. The number of hydrogen-bond donors (Lipinski definition) is 1. The zero-order valence-corrected chi connectivity index (χ0v) is 8.79. The second-order valence-corrected chi connectivity index (χ2v) is 3.72. The van der Waals surface area contributed by atoms with Crippen LogP contribution in [0.1, 0.15) is 30.0 Å². The van der Waals surface area contributed by atoms with Crippen LogP contribution in [-0.2, 0) is 0 Å². The normalized spacial score (nSPS) is 19.9. The average Bonchev–Trinajstić information content (AvgIpc) is 2.81. The first-order chi connectivity index (χ1) is 7.35. The molecule has 0 aromatic heterocycles. The predicted octanol–water partition coefficient (Wildman–Crippen LogP) is 1.99. The van der Waals surface area contributed by atoms with Gasteiger partial charge in [0.1, 0.15) is 11.8 Å². The molecule has 2 rings (SSSR count). The summed E-state index contributed by atoms with van der Waals surface area (Å²) in [6.07, 6.45) is 2.36. The fourth-order valence-corrected chi connectivity index (χ4v) is 2.00. The summed E-state index contributed by atoms with van der Waals surface area (Å²) >= 11 is 0. The first-order valence-corrected chi connectivity index (χ1v) is 5.16. The van der Waals surface area contributed by atoms with E-state index in [1.165, 1.54) is 12.0 Å². The van der Waals surface area contributed by atoms with E-state index in [0.717, 1.165) is 13.0 Å². The van der Waals surface area contributed by atoms with Crippen LogP contribution >= 0.6 is 0 Å². The summed E-state index contributed by atoms with van der Waals surface area (Å²) in [5.74, 6) is 0.652. The third-order valence-electron chi connectivity index (χ3n) is 2.81. The van der Waals surface area contributed by atoms with Crippen molar-refractivity contribution in [2.24, 2.45) is 0 Å². The van der Waals surface area contributed by atoms with Crippen LogP contribution in [0.15, 0.2) is 18.2 Å². The molecule has 1 N–H and O–H groups in total. The van der Waals surface area contributed by atoms with Gasteiger partial charge in [0.05, 0.1) is 12.7 Å². The standard InChI is InChI=1S/C12H14N2O/c1-15-12-5-4-9(7-10(12)8-13)11-3-2-6-14-11/h4-5,7,11,14H,2-3,6H2,1H3. The van der Waals surface area contributed by atoms with Crippen molar-refractivity contribution in [3.63, 3.8) is 0 Å². The van der Waals surface area contributed by atoms with Crippen LogP contribution < -0.4 is 10.1 Å². The van der Waals surface area contributed by atoms with E-state index >= 15 is 0 Å². The zero-order chi connectivity index (χ0) is 10.7.